The Morgan fingerprint density at radius 1 is 0.583 bits per heavy atom. The Hall–Kier alpha value is -0.790. The SMILES string of the molecule is CCCCCC/C=C\CCCCCCCC(=O)OCCCCCCCCCCCCCCC(C)CC. The minimum atomic E-state index is 0.0147. The summed E-state index contributed by atoms with van der Waals surface area (Å²) < 4.78 is 5.42. The lowest BCUT2D eigenvalue weighted by atomic mass is 9.99. The maximum atomic E-state index is 11.9. The van der Waals surface area contributed by atoms with Crippen LogP contribution >= 0.6 is 0 Å². The molecule has 0 amide bonds. The zero-order valence-electron chi connectivity index (χ0n) is 25.1. The third-order valence-electron chi connectivity index (χ3n) is 7.69. The number of hydrogen-bond acceptors (Lipinski definition) is 2. The van der Waals surface area contributed by atoms with Crippen LogP contribution in [0.1, 0.15) is 188 Å². The molecule has 1 atom stereocenters. The van der Waals surface area contributed by atoms with E-state index in [1.165, 1.54) is 141 Å². The highest BCUT2D eigenvalue weighted by atomic mass is 16.5. The molecule has 0 saturated heterocycles. The monoisotopic (exact) mass is 507 g/mol. The molecule has 0 aliphatic heterocycles. The Bertz CT molecular complexity index is 456. The molecule has 2 heteroatoms. The van der Waals surface area contributed by atoms with Crippen molar-refractivity contribution in [3.63, 3.8) is 0 Å². The maximum Gasteiger partial charge on any atom is 0.305 e. The Balaban J connectivity index is 3.20. The van der Waals surface area contributed by atoms with Gasteiger partial charge < -0.3 is 4.74 Å². The summed E-state index contributed by atoms with van der Waals surface area (Å²) in [5.41, 5.74) is 0. The Morgan fingerprint density at radius 2 is 1.03 bits per heavy atom. The van der Waals surface area contributed by atoms with Gasteiger partial charge in [-0.15, -0.1) is 0 Å². The first-order valence-electron chi connectivity index (χ1n) is 16.5. The zero-order valence-corrected chi connectivity index (χ0v) is 25.1. The minimum Gasteiger partial charge on any atom is -0.466 e. The van der Waals surface area contributed by atoms with E-state index in [9.17, 15) is 4.79 Å². The number of ether oxygens (including phenoxy) is 1. The molecule has 0 aromatic rings. The normalized spacial score (nSPS) is 12.4. The van der Waals surface area contributed by atoms with Crippen molar-refractivity contribution in [3.8, 4) is 0 Å². The van der Waals surface area contributed by atoms with Crippen LogP contribution in [-0.4, -0.2) is 12.6 Å². The molecule has 0 fully saturated rings. The predicted octanol–water partition coefficient (Wildman–Crippen LogP) is 11.9. The first-order chi connectivity index (χ1) is 17.7. The molecule has 2 nitrogen and oxygen atoms in total. The largest absolute Gasteiger partial charge is 0.466 e. The second kappa shape index (κ2) is 30.4. The van der Waals surface area contributed by atoms with E-state index >= 15 is 0 Å². The van der Waals surface area contributed by atoms with Gasteiger partial charge >= 0.3 is 5.97 Å². The quantitative estimate of drug-likeness (QED) is 0.0572. The van der Waals surface area contributed by atoms with Crippen molar-refractivity contribution in [3.05, 3.63) is 12.2 Å². The molecule has 0 rings (SSSR count). The lowest BCUT2D eigenvalue weighted by Crippen LogP contribution is -2.05. The second-order valence-corrected chi connectivity index (χ2v) is 11.4. The van der Waals surface area contributed by atoms with E-state index in [1.807, 2.05) is 0 Å². The van der Waals surface area contributed by atoms with Crippen LogP contribution in [0, 0.1) is 5.92 Å². The van der Waals surface area contributed by atoms with E-state index < -0.39 is 0 Å². The van der Waals surface area contributed by atoms with Crippen LogP contribution in [0.5, 0.6) is 0 Å². The molecule has 0 aromatic heterocycles. The van der Waals surface area contributed by atoms with Gasteiger partial charge in [0.15, 0.2) is 0 Å². The first-order valence-corrected chi connectivity index (χ1v) is 16.5. The smallest absolute Gasteiger partial charge is 0.305 e. The highest BCUT2D eigenvalue weighted by Gasteiger charge is 2.02. The van der Waals surface area contributed by atoms with E-state index in [1.54, 1.807) is 0 Å². The average Bonchev–Trinajstić information content (AvgIpc) is 2.88. The summed E-state index contributed by atoms with van der Waals surface area (Å²) in [5, 5.41) is 0. The summed E-state index contributed by atoms with van der Waals surface area (Å²) in [6.45, 7) is 7.58. The number of allylic oxidation sites excluding steroid dienone is 2. The van der Waals surface area contributed by atoms with Gasteiger partial charge in [0.25, 0.3) is 0 Å². The first kappa shape index (κ1) is 35.2. The second-order valence-electron chi connectivity index (χ2n) is 11.4. The van der Waals surface area contributed by atoms with Gasteiger partial charge in [-0.05, 0) is 44.4 Å². The van der Waals surface area contributed by atoms with E-state index in [0.717, 1.165) is 25.2 Å². The van der Waals surface area contributed by atoms with Crippen molar-refractivity contribution < 1.29 is 9.53 Å². The van der Waals surface area contributed by atoms with Crippen molar-refractivity contribution in [2.75, 3.05) is 6.61 Å². The molecule has 0 N–H and O–H groups in total. The number of carbonyl (C=O) groups excluding carboxylic acids is 1. The Labute approximate surface area is 227 Å². The molecule has 0 aromatic carbocycles. The van der Waals surface area contributed by atoms with Gasteiger partial charge in [-0.3, -0.25) is 4.79 Å². The zero-order chi connectivity index (χ0) is 26.4. The van der Waals surface area contributed by atoms with Gasteiger partial charge in [0.05, 0.1) is 6.61 Å². The van der Waals surface area contributed by atoms with Crippen LogP contribution in [0.3, 0.4) is 0 Å². The number of esters is 1. The fourth-order valence-corrected chi connectivity index (χ4v) is 4.81. The third kappa shape index (κ3) is 29.4. The fraction of sp³-hybridized carbons (Fsp3) is 0.912. The highest BCUT2D eigenvalue weighted by Crippen LogP contribution is 2.16. The molecule has 0 aliphatic rings. The molecule has 0 saturated carbocycles. The van der Waals surface area contributed by atoms with Gasteiger partial charge in [-0.25, -0.2) is 0 Å². The molecular formula is C34H66O2. The van der Waals surface area contributed by atoms with E-state index in [2.05, 4.69) is 32.9 Å². The molecule has 0 radical (unpaired) electrons. The summed E-state index contributed by atoms with van der Waals surface area (Å²) in [7, 11) is 0. The van der Waals surface area contributed by atoms with Gasteiger partial charge in [0.1, 0.15) is 0 Å². The lowest BCUT2D eigenvalue weighted by molar-refractivity contribution is -0.143. The summed E-state index contributed by atoms with van der Waals surface area (Å²) in [5.74, 6) is 0.935. The van der Waals surface area contributed by atoms with Crippen LogP contribution in [0.4, 0.5) is 0 Å². The van der Waals surface area contributed by atoms with E-state index in [-0.39, 0.29) is 5.97 Å². The van der Waals surface area contributed by atoms with Crippen LogP contribution < -0.4 is 0 Å². The predicted molar refractivity (Wildman–Crippen MR) is 161 cm³/mol. The van der Waals surface area contributed by atoms with Gasteiger partial charge in [0.2, 0.25) is 0 Å². The molecule has 0 heterocycles. The number of hydrogen-bond donors (Lipinski definition) is 0. The maximum absolute atomic E-state index is 11.9. The van der Waals surface area contributed by atoms with E-state index in [4.69, 9.17) is 4.74 Å². The summed E-state index contributed by atoms with van der Waals surface area (Å²) >= 11 is 0. The molecule has 36 heavy (non-hydrogen) atoms. The van der Waals surface area contributed by atoms with Crippen molar-refractivity contribution in [2.24, 2.45) is 5.92 Å². The minimum absolute atomic E-state index is 0.0147. The Morgan fingerprint density at radius 3 is 1.56 bits per heavy atom. The van der Waals surface area contributed by atoms with Crippen LogP contribution in [0.25, 0.3) is 0 Å². The van der Waals surface area contributed by atoms with Gasteiger partial charge in [-0.1, -0.05) is 155 Å². The van der Waals surface area contributed by atoms with Crippen molar-refractivity contribution in [1.29, 1.82) is 0 Å². The Kier molecular flexibility index (Phi) is 29.8. The van der Waals surface area contributed by atoms with Crippen molar-refractivity contribution in [1.82, 2.24) is 0 Å². The van der Waals surface area contributed by atoms with Gasteiger partial charge in [0, 0.05) is 6.42 Å². The lowest BCUT2D eigenvalue weighted by Gasteiger charge is -2.07. The summed E-state index contributed by atoms with van der Waals surface area (Å²) in [4.78, 5) is 11.9. The molecule has 0 aliphatic carbocycles. The van der Waals surface area contributed by atoms with E-state index in [0.29, 0.717) is 13.0 Å². The van der Waals surface area contributed by atoms with Crippen molar-refractivity contribution >= 4 is 5.97 Å². The number of rotatable bonds is 29. The highest BCUT2D eigenvalue weighted by molar-refractivity contribution is 5.69. The van der Waals surface area contributed by atoms with Crippen molar-refractivity contribution in [2.45, 2.75) is 188 Å². The number of carbonyl (C=O) groups is 1. The molecule has 0 spiro atoms. The topological polar surface area (TPSA) is 26.3 Å². The molecular weight excluding hydrogens is 440 g/mol. The summed E-state index contributed by atoms with van der Waals surface area (Å²) in [6, 6.07) is 0. The van der Waals surface area contributed by atoms with Crippen LogP contribution in [0.15, 0.2) is 12.2 Å². The molecule has 214 valence electrons. The third-order valence-corrected chi connectivity index (χ3v) is 7.69. The molecule has 0 bridgehead atoms. The summed E-state index contributed by atoms with van der Waals surface area (Å²) in [6.07, 6.45) is 38.2. The standard InChI is InChI=1S/C34H66O2/c1-4-6-7-8-9-10-11-12-16-19-22-25-28-31-34(35)36-32-29-26-23-20-17-14-13-15-18-21-24-27-30-33(3)5-2/h10-11,33H,4-9,12-32H2,1-3H3/b11-10-. The van der Waals surface area contributed by atoms with Crippen LogP contribution in [-0.2, 0) is 9.53 Å². The molecule has 1 unspecified atom stereocenters. The van der Waals surface area contributed by atoms with Gasteiger partial charge in [-0.2, -0.15) is 0 Å². The average molecular weight is 507 g/mol. The van der Waals surface area contributed by atoms with Crippen LogP contribution in [0.2, 0.25) is 0 Å². The fourth-order valence-electron chi connectivity index (χ4n) is 4.81. The number of unbranched alkanes of at least 4 members (excludes halogenated alkanes) is 20.